The van der Waals surface area contributed by atoms with Crippen molar-refractivity contribution in [3.63, 3.8) is 0 Å². The third kappa shape index (κ3) is 5.71. The zero-order valence-corrected chi connectivity index (χ0v) is 11.3. The molecule has 0 spiro atoms. The summed E-state index contributed by atoms with van der Waals surface area (Å²) < 4.78 is 9.38. The predicted molar refractivity (Wildman–Crippen MR) is 65.9 cm³/mol. The summed E-state index contributed by atoms with van der Waals surface area (Å²) in [5.41, 5.74) is 0. The van der Waals surface area contributed by atoms with E-state index in [0.29, 0.717) is 6.42 Å². The van der Waals surface area contributed by atoms with Crippen molar-refractivity contribution in [2.24, 2.45) is 5.92 Å². The van der Waals surface area contributed by atoms with E-state index in [1.165, 1.54) is 7.11 Å². The van der Waals surface area contributed by atoms with Crippen molar-refractivity contribution in [3.8, 4) is 0 Å². The van der Waals surface area contributed by atoms with Crippen molar-refractivity contribution >= 4 is 11.9 Å². The lowest BCUT2D eigenvalue weighted by atomic mass is 9.91. The summed E-state index contributed by atoms with van der Waals surface area (Å²) in [5.74, 6) is 0.0124. The van der Waals surface area contributed by atoms with Crippen LogP contribution in [0.4, 0.5) is 4.79 Å². The standard InChI is InChI=1S/C13H24O4/c1-5-8-9-10(6-2)12(14)11(7-3)17-13(15)16-4/h10-11H,5-9H2,1-4H3. The average Bonchev–Trinajstić information content (AvgIpc) is 2.36. The predicted octanol–water partition coefficient (Wildman–Crippen LogP) is 3.33. The molecule has 0 aliphatic rings. The Balaban J connectivity index is 4.42. The fraction of sp³-hybridized carbons (Fsp3) is 0.846. The smallest absolute Gasteiger partial charge is 0.438 e. The van der Waals surface area contributed by atoms with Crippen molar-refractivity contribution in [1.29, 1.82) is 0 Å². The molecule has 0 aromatic carbocycles. The van der Waals surface area contributed by atoms with E-state index in [0.717, 1.165) is 25.7 Å². The Bertz CT molecular complexity index is 238. The van der Waals surface area contributed by atoms with Crippen LogP contribution < -0.4 is 0 Å². The Morgan fingerprint density at radius 3 is 2.18 bits per heavy atom. The molecule has 0 amide bonds. The molecule has 0 saturated heterocycles. The van der Waals surface area contributed by atoms with Crippen LogP contribution in [-0.4, -0.2) is 25.2 Å². The molecular formula is C13H24O4. The maximum absolute atomic E-state index is 12.1. The molecule has 0 aromatic heterocycles. The molecule has 0 aliphatic carbocycles. The summed E-state index contributed by atoms with van der Waals surface area (Å²) in [6.07, 6.45) is 2.81. The van der Waals surface area contributed by atoms with Gasteiger partial charge in [-0.25, -0.2) is 4.79 Å². The number of hydrogen-bond acceptors (Lipinski definition) is 4. The van der Waals surface area contributed by atoms with E-state index in [1.54, 1.807) is 0 Å². The molecule has 0 rings (SSSR count). The van der Waals surface area contributed by atoms with Crippen LogP contribution in [0, 0.1) is 5.92 Å². The number of carbonyl (C=O) groups excluding carboxylic acids is 2. The van der Waals surface area contributed by atoms with Gasteiger partial charge in [0.2, 0.25) is 0 Å². The molecule has 0 N–H and O–H groups in total. The van der Waals surface area contributed by atoms with E-state index < -0.39 is 12.3 Å². The first-order chi connectivity index (χ1) is 8.10. The number of ketones is 1. The number of rotatable bonds is 8. The van der Waals surface area contributed by atoms with Crippen molar-refractivity contribution in [2.75, 3.05) is 7.11 Å². The molecular weight excluding hydrogens is 220 g/mol. The van der Waals surface area contributed by atoms with Gasteiger partial charge in [0.25, 0.3) is 0 Å². The second-order valence-electron chi connectivity index (χ2n) is 4.12. The van der Waals surface area contributed by atoms with Gasteiger partial charge >= 0.3 is 6.16 Å². The third-order valence-electron chi connectivity index (χ3n) is 2.89. The van der Waals surface area contributed by atoms with Crippen molar-refractivity contribution in [2.45, 2.75) is 59.0 Å². The van der Waals surface area contributed by atoms with Gasteiger partial charge in [0.05, 0.1) is 7.11 Å². The fourth-order valence-electron chi connectivity index (χ4n) is 1.77. The zero-order chi connectivity index (χ0) is 13.3. The third-order valence-corrected chi connectivity index (χ3v) is 2.89. The first-order valence-corrected chi connectivity index (χ1v) is 6.38. The van der Waals surface area contributed by atoms with Crippen molar-refractivity contribution < 1.29 is 19.1 Å². The van der Waals surface area contributed by atoms with Crippen molar-refractivity contribution in [3.05, 3.63) is 0 Å². The number of unbranched alkanes of at least 4 members (excludes halogenated alkanes) is 1. The number of methoxy groups -OCH3 is 1. The monoisotopic (exact) mass is 244 g/mol. The largest absolute Gasteiger partial charge is 0.508 e. The van der Waals surface area contributed by atoms with Gasteiger partial charge in [0, 0.05) is 5.92 Å². The molecule has 0 aliphatic heterocycles. The summed E-state index contributed by atoms with van der Waals surface area (Å²) in [6, 6.07) is 0. The van der Waals surface area contributed by atoms with Crippen LogP contribution in [0.5, 0.6) is 0 Å². The van der Waals surface area contributed by atoms with E-state index in [1.807, 2.05) is 13.8 Å². The molecule has 4 heteroatoms. The maximum Gasteiger partial charge on any atom is 0.508 e. The molecule has 0 radical (unpaired) electrons. The minimum Gasteiger partial charge on any atom is -0.438 e. The zero-order valence-electron chi connectivity index (χ0n) is 11.3. The number of hydrogen-bond donors (Lipinski definition) is 0. The molecule has 0 fully saturated rings. The van der Waals surface area contributed by atoms with Gasteiger partial charge in [-0.2, -0.15) is 0 Å². The minimum absolute atomic E-state index is 0.00967. The van der Waals surface area contributed by atoms with E-state index in [4.69, 9.17) is 4.74 Å². The van der Waals surface area contributed by atoms with Gasteiger partial charge in [-0.3, -0.25) is 4.79 Å². The van der Waals surface area contributed by atoms with Crippen LogP contribution >= 0.6 is 0 Å². The summed E-state index contributed by atoms with van der Waals surface area (Å²) in [6.45, 7) is 5.92. The van der Waals surface area contributed by atoms with E-state index in [9.17, 15) is 9.59 Å². The molecule has 100 valence electrons. The topological polar surface area (TPSA) is 52.6 Å². The van der Waals surface area contributed by atoms with Gasteiger partial charge < -0.3 is 9.47 Å². The highest BCUT2D eigenvalue weighted by atomic mass is 16.7. The highest BCUT2D eigenvalue weighted by Crippen LogP contribution is 2.18. The molecule has 0 saturated carbocycles. The van der Waals surface area contributed by atoms with Gasteiger partial charge in [-0.15, -0.1) is 0 Å². The second-order valence-corrected chi connectivity index (χ2v) is 4.12. The van der Waals surface area contributed by atoms with E-state index in [2.05, 4.69) is 11.7 Å². The van der Waals surface area contributed by atoms with Crippen LogP contribution in [-0.2, 0) is 14.3 Å². The molecule has 0 heterocycles. The van der Waals surface area contributed by atoms with E-state index >= 15 is 0 Å². The molecule has 0 aromatic rings. The highest BCUT2D eigenvalue weighted by molar-refractivity contribution is 5.86. The first kappa shape index (κ1) is 15.9. The molecule has 4 nitrogen and oxygen atoms in total. The number of Topliss-reactive ketones (excluding diaryl/α,β-unsaturated/α-hetero) is 1. The van der Waals surface area contributed by atoms with Gasteiger partial charge in [0.1, 0.15) is 0 Å². The normalized spacial score (nSPS) is 13.9. The molecule has 2 atom stereocenters. The Kier molecular flexibility index (Phi) is 8.46. The molecule has 17 heavy (non-hydrogen) atoms. The van der Waals surface area contributed by atoms with E-state index in [-0.39, 0.29) is 11.7 Å². The first-order valence-electron chi connectivity index (χ1n) is 6.38. The summed E-state index contributed by atoms with van der Waals surface area (Å²) in [4.78, 5) is 23.1. The lowest BCUT2D eigenvalue weighted by Crippen LogP contribution is -2.32. The Hall–Kier alpha value is -1.06. The Morgan fingerprint density at radius 1 is 1.12 bits per heavy atom. The van der Waals surface area contributed by atoms with Crippen molar-refractivity contribution in [1.82, 2.24) is 0 Å². The number of ether oxygens (including phenoxy) is 2. The summed E-state index contributed by atoms with van der Waals surface area (Å²) >= 11 is 0. The number of carbonyl (C=O) groups is 2. The van der Waals surface area contributed by atoms with Gasteiger partial charge in [-0.1, -0.05) is 33.6 Å². The maximum atomic E-state index is 12.1. The van der Waals surface area contributed by atoms with Crippen LogP contribution in [0.15, 0.2) is 0 Å². The summed E-state index contributed by atoms with van der Waals surface area (Å²) in [5, 5.41) is 0. The lowest BCUT2D eigenvalue weighted by molar-refractivity contribution is -0.133. The Morgan fingerprint density at radius 2 is 1.76 bits per heavy atom. The van der Waals surface area contributed by atoms with Gasteiger partial charge in [0.15, 0.2) is 11.9 Å². The second kappa shape index (κ2) is 9.02. The van der Waals surface area contributed by atoms with Crippen LogP contribution in [0.25, 0.3) is 0 Å². The molecule has 0 bridgehead atoms. The van der Waals surface area contributed by atoms with Gasteiger partial charge in [-0.05, 0) is 19.3 Å². The van der Waals surface area contributed by atoms with Crippen LogP contribution in [0.1, 0.15) is 52.9 Å². The lowest BCUT2D eigenvalue weighted by Gasteiger charge is -2.20. The highest BCUT2D eigenvalue weighted by Gasteiger charge is 2.27. The fourth-order valence-corrected chi connectivity index (χ4v) is 1.77. The van der Waals surface area contributed by atoms with Crippen LogP contribution in [0.3, 0.4) is 0 Å². The van der Waals surface area contributed by atoms with Crippen LogP contribution in [0.2, 0.25) is 0 Å². The quantitative estimate of drug-likeness (QED) is 0.614. The Labute approximate surface area is 104 Å². The SMILES string of the molecule is CCCCC(CC)C(=O)C(CC)OC(=O)OC. The average molecular weight is 244 g/mol. The molecule has 2 unspecified atom stereocenters. The summed E-state index contributed by atoms with van der Waals surface area (Å²) in [7, 11) is 1.24. The minimum atomic E-state index is -0.782.